The summed E-state index contributed by atoms with van der Waals surface area (Å²) < 4.78 is 15.1. The van der Waals surface area contributed by atoms with E-state index in [4.69, 9.17) is 0 Å². The van der Waals surface area contributed by atoms with E-state index in [1.54, 1.807) is 42.5 Å². The summed E-state index contributed by atoms with van der Waals surface area (Å²) in [6.45, 7) is 5.87. The molecule has 176 valence electrons. The Morgan fingerprint density at radius 1 is 0.971 bits per heavy atom. The Morgan fingerprint density at radius 3 is 2.35 bits per heavy atom. The minimum Gasteiger partial charge on any atom is -0.336 e. The van der Waals surface area contributed by atoms with Crippen LogP contribution in [-0.4, -0.2) is 64.1 Å². The highest BCUT2D eigenvalue weighted by molar-refractivity contribution is 5.95. The monoisotopic (exact) mass is 463 g/mol. The van der Waals surface area contributed by atoms with Crippen LogP contribution in [0.3, 0.4) is 0 Å². The molecule has 0 bridgehead atoms. The van der Waals surface area contributed by atoms with E-state index < -0.39 is 17.3 Å². The number of carbonyl (C=O) groups excluding carboxylic acids is 2. The highest BCUT2D eigenvalue weighted by Crippen LogP contribution is 2.19. The van der Waals surface area contributed by atoms with Crippen molar-refractivity contribution in [3.63, 3.8) is 0 Å². The van der Waals surface area contributed by atoms with E-state index >= 15 is 0 Å². The molecule has 2 amide bonds. The maximum absolute atomic E-state index is 14.1. The summed E-state index contributed by atoms with van der Waals surface area (Å²) in [5, 5.41) is 6.84. The third-order valence-electron chi connectivity index (χ3n) is 5.83. The molecule has 0 radical (unpaired) electrons. The molecule has 0 spiro atoms. The molecule has 0 saturated carbocycles. The molecule has 1 aromatic heterocycles. The van der Waals surface area contributed by atoms with Gasteiger partial charge in [-0.3, -0.25) is 14.4 Å². The Kier molecular flexibility index (Phi) is 7.12. The minimum atomic E-state index is -0.473. The second-order valence-electron chi connectivity index (χ2n) is 8.05. The number of amides is 2. The first-order valence-corrected chi connectivity index (χ1v) is 11.2. The minimum absolute atomic E-state index is 0.0330. The van der Waals surface area contributed by atoms with Gasteiger partial charge in [-0.1, -0.05) is 19.1 Å². The first-order chi connectivity index (χ1) is 16.4. The molecular formula is C25H26FN5O3. The van der Waals surface area contributed by atoms with Crippen LogP contribution in [0.15, 0.2) is 65.5 Å². The van der Waals surface area contributed by atoms with Gasteiger partial charge in [0.05, 0.1) is 5.69 Å². The van der Waals surface area contributed by atoms with Crippen LogP contribution in [0.4, 0.5) is 10.1 Å². The first kappa shape index (κ1) is 23.3. The summed E-state index contributed by atoms with van der Waals surface area (Å²) in [5.74, 6) is -0.962. The summed E-state index contributed by atoms with van der Waals surface area (Å²) in [5.41, 5.74) is 1.08. The van der Waals surface area contributed by atoms with Gasteiger partial charge in [0.2, 0.25) is 5.91 Å². The van der Waals surface area contributed by atoms with Crippen LogP contribution in [0.2, 0.25) is 0 Å². The number of benzene rings is 2. The molecule has 4 rings (SSSR count). The number of aromatic nitrogens is 2. The van der Waals surface area contributed by atoms with Gasteiger partial charge in [0.1, 0.15) is 12.4 Å². The number of nitrogens with one attached hydrogen (secondary N) is 1. The number of likely N-dealkylation sites (N-methyl/N-ethyl adjacent to an activating group) is 1. The molecule has 0 aliphatic carbocycles. The molecule has 3 aromatic rings. The van der Waals surface area contributed by atoms with Crippen molar-refractivity contribution in [3.8, 4) is 11.3 Å². The molecule has 1 aliphatic heterocycles. The lowest BCUT2D eigenvalue weighted by Crippen LogP contribution is -2.48. The van der Waals surface area contributed by atoms with Crippen molar-refractivity contribution in [2.24, 2.45) is 0 Å². The number of anilines is 1. The van der Waals surface area contributed by atoms with Crippen LogP contribution in [-0.2, 0) is 11.3 Å². The van der Waals surface area contributed by atoms with Crippen molar-refractivity contribution in [1.82, 2.24) is 19.6 Å². The van der Waals surface area contributed by atoms with Crippen LogP contribution < -0.4 is 10.9 Å². The zero-order valence-electron chi connectivity index (χ0n) is 18.9. The Labute approximate surface area is 196 Å². The molecular weight excluding hydrogens is 437 g/mol. The molecule has 0 atom stereocenters. The van der Waals surface area contributed by atoms with Crippen molar-refractivity contribution in [3.05, 3.63) is 82.4 Å². The topological polar surface area (TPSA) is 87.5 Å². The van der Waals surface area contributed by atoms with Gasteiger partial charge in [-0.2, -0.15) is 5.10 Å². The standard InChI is InChI=1S/C25H26FN5O3/c1-2-29-13-15-30(16-14-29)25(34)18-7-9-19(10-8-18)27-23(32)17-31-24(33)12-11-22(28-31)20-5-3-4-6-21(20)26/h3-12H,2,13-17H2,1H3,(H,27,32). The van der Waals surface area contributed by atoms with Crippen LogP contribution in [0.5, 0.6) is 0 Å². The molecule has 2 heterocycles. The van der Waals surface area contributed by atoms with Gasteiger partial charge in [0.15, 0.2) is 0 Å². The molecule has 2 aromatic carbocycles. The number of hydrogen-bond donors (Lipinski definition) is 1. The molecule has 1 saturated heterocycles. The van der Waals surface area contributed by atoms with Gasteiger partial charge in [0.25, 0.3) is 11.5 Å². The predicted octanol–water partition coefficient (Wildman–Crippen LogP) is 2.47. The average molecular weight is 464 g/mol. The van der Waals surface area contributed by atoms with Crippen molar-refractivity contribution >= 4 is 17.5 Å². The molecule has 1 aliphatic rings. The fourth-order valence-corrected chi connectivity index (χ4v) is 3.86. The summed E-state index contributed by atoms with van der Waals surface area (Å²) in [4.78, 5) is 41.5. The second-order valence-corrected chi connectivity index (χ2v) is 8.05. The molecule has 1 fully saturated rings. The maximum atomic E-state index is 14.1. The van der Waals surface area contributed by atoms with Gasteiger partial charge in [0, 0.05) is 49.1 Å². The van der Waals surface area contributed by atoms with E-state index in [0.29, 0.717) is 24.3 Å². The van der Waals surface area contributed by atoms with E-state index in [1.165, 1.54) is 18.2 Å². The van der Waals surface area contributed by atoms with Gasteiger partial charge < -0.3 is 15.1 Å². The zero-order valence-corrected chi connectivity index (χ0v) is 18.9. The molecule has 8 nitrogen and oxygen atoms in total. The quantitative estimate of drug-likeness (QED) is 0.607. The van der Waals surface area contributed by atoms with Crippen LogP contribution >= 0.6 is 0 Å². The average Bonchev–Trinajstić information content (AvgIpc) is 2.86. The first-order valence-electron chi connectivity index (χ1n) is 11.2. The Bertz CT molecular complexity index is 1230. The number of hydrogen-bond acceptors (Lipinski definition) is 5. The fraction of sp³-hybridized carbons (Fsp3) is 0.280. The number of rotatable bonds is 6. The summed E-state index contributed by atoms with van der Waals surface area (Å²) in [6, 6.07) is 15.4. The summed E-state index contributed by atoms with van der Waals surface area (Å²) in [7, 11) is 0. The second kappa shape index (κ2) is 10.4. The number of piperazine rings is 1. The van der Waals surface area contributed by atoms with Gasteiger partial charge in [-0.05, 0) is 49.0 Å². The SMILES string of the molecule is CCN1CCN(C(=O)c2ccc(NC(=O)Cn3nc(-c4ccccc4F)ccc3=O)cc2)CC1. The zero-order chi connectivity index (χ0) is 24.1. The smallest absolute Gasteiger partial charge is 0.267 e. The Balaban J connectivity index is 1.39. The van der Waals surface area contributed by atoms with Crippen molar-refractivity contribution in [1.29, 1.82) is 0 Å². The number of halogens is 1. The lowest BCUT2D eigenvalue weighted by molar-refractivity contribution is -0.117. The van der Waals surface area contributed by atoms with E-state index in [-0.39, 0.29) is 23.7 Å². The highest BCUT2D eigenvalue weighted by Gasteiger charge is 2.21. The van der Waals surface area contributed by atoms with Crippen LogP contribution in [0, 0.1) is 5.82 Å². The molecule has 9 heteroatoms. The Hall–Kier alpha value is -3.85. The normalized spacial score (nSPS) is 14.1. The number of carbonyl (C=O) groups is 2. The maximum Gasteiger partial charge on any atom is 0.267 e. The van der Waals surface area contributed by atoms with Gasteiger partial charge in [-0.25, -0.2) is 9.07 Å². The van der Waals surface area contributed by atoms with Crippen LogP contribution in [0.1, 0.15) is 17.3 Å². The van der Waals surface area contributed by atoms with E-state index in [1.807, 2.05) is 4.90 Å². The lowest BCUT2D eigenvalue weighted by Gasteiger charge is -2.34. The van der Waals surface area contributed by atoms with Gasteiger partial charge >= 0.3 is 0 Å². The van der Waals surface area contributed by atoms with E-state index in [2.05, 4.69) is 22.2 Å². The van der Waals surface area contributed by atoms with Crippen molar-refractivity contribution in [2.75, 3.05) is 38.0 Å². The Morgan fingerprint density at radius 2 is 1.68 bits per heavy atom. The van der Waals surface area contributed by atoms with E-state index in [0.717, 1.165) is 24.3 Å². The summed E-state index contributed by atoms with van der Waals surface area (Å²) >= 11 is 0. The lowest BCUT2D eigenvalue weighted by atomic mass is 10.1. The van der Waals surface area contributed by atoms with Gasteiger partial charge in [-0.15, -0.1) is 0 Å². The largest absolute Gasteiger partial charge is 0.336 e. The van der Waals surface area contributed by atoms with Crippen LogP contribution in [0.25, 0.3) is 11.3 Å². The third kappa shape index (κ3) is 5.37. The van der Waals surface area contributed by atoms with Crippen molar-refractivity contribution in [2.45, 2.75) is 13.5 Å². The number of nitrogens with zero attached hydrogens (tertiary/aromatic N) is 4. The fourth-order valence-electron chi connectivity index (χ4n) is 3.86. The van der Waals surface area contributed by atoms with E-state index in [9.17, 15) is 18.8 Å². The molecule has 0 unspecified atom stereocenters. The third-order valence-corrected chi connectivity index (χ3v) is 5.83. The summed E-state index contributed by atoms with van der Waals surface area (Å²) in [6.07, 6.45) is 0. The predicted molar refractivity (Wildman–Crippen MR) is 127 cm³/mol. The molecule has 34 heavy (non-hydrogen) atoms. The highest BCUT2D eigenvalue weighted by atomic mass is 19.1. The molecule has 1 N–H and O–H groups in total. The van der Waals surface area contributed by atoms with Crippen molar-refractivity contribution < 1.29 is 14.0 Å².